The van der Waals surface area contributed by atoms with Crippen molar-refractivity contribution in [3.63, 3.8) is 0 Å². The summed E-state index contributed by atoms with van der Waals surface area (Å²) in [5.41, 5.74) is 3.97. The molecular formula is C23H17IN4O8S2. The molecule has 3 aromatic carbocycles. The molecule has 0 aliphatic heterocycles. The molecule has 1 heterocycles. The van der Waals surface area contributed by atoms with Gasteiger partial charge in [0.25, 0.3) is 16.8 Å². The number of thioether (sulfide) groups is 1. The zero-order valence-corrected chi connectivity index (χ0v) is 23.2. The maximum absolute atomic E-state index is 12.7. The second-order valence-corrected chi connectivity index (χ2v) is 11.0. The number of nitrogens with one attached hydrogen (secondary N) is 1. The molecule has 1 N–H and O–H groups in total. The van der Waals surface area contributed by atoms with Gasteiger partial charge in [-0.1, -0.05) is 23.9 Å². The number of oxazole rings is 1. The standard InChI is InChI=1S/C23H17IN4O8S2/c1-34-20-11-14(12-25-27-21(29)13-37-23-26-18-4-2-3-5-19(18)35-23)10-17(24)22(20)36-38(32,33)16-8-6-15(7-9-16)28(30)31/h2-12H,13H2,1H3,(H,27,29)/b25-12-. The van der Waals surface area contributed by atoms with Crippen molar-refractivity contribution in [2.75, 3.05) is 12.9 Å². The number of hydrazone groups is 1. The van der Waals surface area contributed by atoms with Crippen molar-refractivity contribution in [2.45, 2.75) is 10.1 Å². The van der Waals surface area contributed by atoms with Gasteiger partial charge < -0.3 is 13.3 Å². The monoisotopic (exact) mass is 668 g/mol. The molecule has 4 aromatic rings. The van der Waals surface area contributed by atoms with Crippen LogP contribution in [-0.2, 0) is 14.9 Å². The van der Waals surface area contributed by atoms with Crippen LogP contribution in [0.5, 0.6) is 11.5 Å². The Kier molecular flexibility index (Phi) is 8.48. The van der Waals surface area contributed by atoms with Gasteiger partial charge in [-0.25, -0.2) is 10.4 Å². The Labute approximate surface area is 233 Å². The summed E-state index contributed by atoms with van der Waals surface area (Å²) in [6.07, 6.45) is 1.36. The second-order valence-electron chi connectivity index (χ2n) is 7.35. The van der Waals surface area contributed by atoms with Crippen molar-refractivity contribution in [3.8, 4) is 11.5 Å². The lowest BCUT2D eigenvalue weighted by molar-refractivity contribution is -0.384. The van der Waals surface area contributed by atoms with Crippen LogP contribution >= 0.6 is 34.4 Å². The van der Waals surface area contributed by atoms with Crippen LogP contribution in [0.25, 0.3) is 11.1 Å². The van der Waals surface area contributed by atoms with Gasteiger partial charge in [-0.3, -0.25) is 14.9 Å². The highest BCUT2D eigenvalue weighted by molar-refractivity contribution is 14.1. The number of non-ortho nitro benzene ring substituents is 1. The largest absolute Gasteiger partial charge is 0.493 e. The van der Waals surface area contributed by atoms with E-state index in [1.54, 1.807) is 12.1 Å². The molecule has 4 rings (SSSR count). The summed E-state index contributed by atoms with van der Waals surface area (Å²) in [4.78, 5) is 26.4. The Morgan fingerprint density at radius 2 is 1.97 bits per heavy atom. The van der Waals surface area contributed by atoms with Crippen molar-refractivity contribution < 1.29 is 31.5 Å². The number of nitrogens with zero attached hydrogens (tertiary/aromatic N) is 3. The van der Waals surface area contributed by atoms with Gasteiger partial charge in [0.1, 0.15) is 10.4 Å². The quantitative estimate of drug-likeness (QED) is 0.0642. The zero-order valence-electron chi connectivity index (χ0n) is 19.4. The van der Waals surface area contributed by atoms with E-state index in [2.05, 4.69) is 15.5 Å². The van der Waals surface area contributed by atoms with Crippen molar-refractivity contribution in [1.29, 1.82) is 0 Å². The number of nitro groups is 1. The van der Waals surface area contributed by atoms with Crippen LogP contribution in [0.1, 0.15) is 5.56 Å². The van der Waals surface area contributed by atoms with Crippen molar-refractivity contribution >= 4 is 73.4 Å². The molecule has 0 saturated heterocycles. The van der Waals surface area contributed by atoms with Gasteiger partial charge in [0.05, 0.1) is 27.6 Å². The van der Waals surface area contributed by atoms with Gasteiger partial charge in [0.2, 0.25) is 0 Å². The van der Waals surface area contributed by atoms with Crippen LogP contribution in [0, 0.1) is 13.7 Å². The molecule has 0 aliphatic carbocycles. The molecule has 0 aliphatic rings. The van der Waals surface area contributed by atoms with Crippen LogP contribution in [0.3, 0.4) is 0 Å². The molecule has 0 fully saturated rings. The van der Waals surface area contributed by atoms with Crippen LogP contribution in [-0.4, -0.2) is 43.3 Å². The number of para-hydroxylation sites is 2. The number of rotatable bonds is 10. The summed E-state index contributed by atoms with van der Waals surface area (Å²) in [5.74, 6) is -0.327. The molecule has 1 amide bonds. The lowest BCUT2D eigenvalue weighted by Crippen LogP contribution is -2.19. The van der Waals surface area contributed by atoms with Gasteiger partial charge in [0.15, 0.2) is 17.1 Å². The number of fused-ring (bicyclic) bond motifs is 1. The van der Waals surface area contributed by atoms with Gasteiger partial charge in [-0.05, 0) is 64.6 Å². The number of ether oxygens (including phenoxy) is 1. The number of nitro benzene ring substituents is 1. The van der Waals surface area contributed by atoms with E-state index < -0.39 is 15.0 Å². The first-order valence-corrected chi connectivity index (χ1v) is 14.0. The Balaban J connectivity index is 1.40. The highest BCUT2D eigenvalue weighted by atomic mass is 127. The van der Waals surface area contributed by atoms with E-state index >= 15 is 0 Å². The smallest absolute Gasteiger partial charge is 0.339 e. The topological polar surface area (TPSA) is 163 Å². The van der Waals surface area contributed by atoms with E-state index in [0.717, 1.165) is 36.0 Å². The first kappa shape index (κ1) is 27.3. The van der Waals surface area contributed by atoms with E-state index in [4.69, 9.17) is 13.3 Å². The van der Waals surface area contributed by atoms with Gasteiger partial charge in [-0.15, -0.1) is 0 Å². The third-order valence-electron chi connectivity index (χ3n) is 4.78. The first-order chi connectivity index (χ1) is 18.2. The van der Waals surface area contributed by atoms with Crippen LogP contribution < -0.4 is 14.3 Å². The number of aromatic nitrogens is 1. The second kappa shape index (κ2) is 11.8. The normalized spacial score (nSPS) is 11.5. The lowest BCUT2D eigenvalue weighted by Gasteiger charge is -2.13. The predicted octanol–water partition coefficient (Wildman–Crippen LogP) is 4.36. The third-order valence-corrected chi connectivity index (χ3v) is 7.65. The summed E-state index contributed by atoms with van der Waals surface area (Å²) in [5, 5.41) is 15.1. The summed E-state index contributed by atoms with van der Waals surface area (Å²) < 4.78 is 41.9. The number of halogens is 1. The molecule has 0 radical (unpaired) electrons. The summed E-state index contributed by atoms with van der Waals surface area (Å²) in [7, 11) is -2.97. The summed E-state index contributed by atoms with van der Waals surface area (Å²) in [6, 6.07) is 14.6. The van der Waals surface area contributed by atoms with E-state index in [1.165, 1.54) is 19.4 Å². The van der Waals surface area contributed by atoms with E-state index in [-0.39, 0.29) is 33.7 Å². The maximum Gasteiger partial charge on any atom is 0.339 e. The van der Waals surface area contributed by atoms with Crippen LogP contribution in [0.4, 0.5) is 5.69 Å². The SMILES string of the molecule is COc1cc(/C=N\NC(=O)CSc2nc3ccccc3o2)cc(I)c1OS(=O)(=O)c1ccc([N+](=O)[O-])cc1. The molecule has 0 spiro atoms. The fourth-order valence-corrected chi connectivity index (χ4v) is 5.51. The van der Waals surface area contributed by atoms with Crippen molar-refractivity contribution in [2.24, 2.45) is 5.10 Å². The number of benzene rings is 3. The van der Waals surface area contributed by atoms with Gasteiger partial charge in [-0.2, -0.15) is 13.5 Å². The summed E-state index contributed by atoms with van der Waals surface area (Å²) in [6.45, 7) is 0. The molecule has 0 unspecified atom stereocenters. The Bertz CT molecular complexity index is 1610. The molecule has 0 atom stereocenters. The minimum atomic E-state index is -4.30. The van der Waals surface area contributed by atoms with E-state index in [1.807, 2.05) is 40.8 Å². The van der Waals surface area contributed by atoms with Crippen molar-refractivity contribution in [3.05, 3.63) is 79.9 Å². The fourth-order valence-electron chi connectivity index (χ4n) is 3.04. The average Bonchev–Trinajstić information content (AvgIpc) is 3.32. The number of hydrogen-bond acceptors (Lipinski definition) is 11. The molecule has 0 saturated carbocycles. The molecule has 15 heteroatoms. The summed E-state index contributed by atoms with van der Waals surface area (Å²) >= 11 is 3.00. The Hall–Kier alpha value is -3.70. The third kappa shape index (κ3) is 6.59. The number of carbonyl (C=O) groups is 1. The number of hydrogen-bond donors (Lipinski definition) is 1. The highest BCUT2D eigenvalue weighted by Gasteiger charge is 2.23. The van der Waals surface area contributed by atoms with Gasteiger partial charge >= 0.3 is 10.1 Å². The molecule has 196 valence electrons. The highest BCUT2D eigenvalue weighted by Crippen LogP contribution is 2.36. The fraction of sp³-hybridized carbons (Fsp3) is 0.0870. The average molecular weight is 668 g/mol. The molecule has 12 nitrogen and oxygen atoms in total. The predicted molar refractivity (Wildman–Crippen MR) is 147 cm³/mol. The van der Waals surface area contributed by atoms with E-state index in [0.29, 0.717) is 25.5 Å². The Morgan fingerprint density at radius 3 is 2.66 bits per heavy atom. The maximum atomic E-state index is 12.7. The van der Waals surface area contributed by atoms with E-state index in [9.17, 15) is 23.3 Å². The number of amides is 1. The number of methoxy groups -OCH3 is 1. The van der Waals surface area contributed by atoms with Crippen molar-refractivity contribution in [1.82, 2.24) is 10.4 Å². The van der Waals surface area contributed by atoms with Crippen LogP contribution in [0.2, 0.25) is 0 Å². The lowest BCUT2D eigenvalue weighted by atomic mass is 10.2. The van der Waals surface area contributed by atoms with Gasteiger partial charge in [0, 0.05) is 12.1 Å². The Morgan fingerprint density at radius 1 is 1.24 bits per heavy atom. The molecule has 1 aromatic heterocycles. The first-order valence-electron chi connectivity index (χ1n) is 10.5. The van der Waals surface area contributed by atoms with Crippen LogP contribution in [0.15, 0.2) is 80.3 Å². The molecule has 0 bridgehead atoms. The molecular weight excluding hydrogens is 651 g/mol. The minimum absolute atomic E-state index is 0.0261. The number of carbonyl (C=O) groups excluding carboxylic acids is 1. The molecule has 38 heavy (non-hydrogen) atoms. The minimum Gasteiger partial charge on any atom is -0.493 e. The zero-order chi connectivity index (χ0) is 27.3.